The summed E-state index contributed by atoms with van der Waals surface area (Å²) in [6, 6.07) is 11.4. The molecule has 2 amide bonds. The maximum Gasteiger partial charge on any atom is 0.275 e. The van der Waals surface area contributed by atoms with Crippen molar-refractivity contribution >= 4 is 40.2 Å². The fraction of sp³-hybridized carbons (Fsp3) is 0.345. The van der Waals surface area contributed by atoms with Crippen LogP contribution in [-0.2, 0) is 16.1 Å². The lowest BCUT2D eigenvalue weighted by Crippen LogP contribution is -2.34. The number of aromatic nitrogens is 2. The Balaban J connectivity index is 1.66. The molecule has 0 spiro atoms. The normalized spacial score (nSPS) is 12.8. The molecule has 3 N–H and O–H groups in total. The molecule has 9 heteroatoms. The molecule has 0 fully saturated rings. The summed E-state index contributed by atoms with van der Waals surface area (Å²) in [6.07, 6.45) is 5.58. The van der Waals surface area contributed by atoms with E-state index in [1.807, 2.05) is 48.2 Å². The molecule has 0 unspecified atom stereocenters. The van der Waals surface area contributed by atoms with Crippen molar-refractivity contribution in [2.24, 2.45) is 10.7 Å². The van der Waals surface area contributed by atoms with Crippen LogP contribution in [0.5, 0.6) is 0 Å². The first-order chi connectivity index (χ1) is 18.3. The van der Waals surface area contributed by atoms with Crippen LogP contribution >= 0.6 is 0 Å². The molecule has 3 aromatic rings. The molecule has 0 saturated carbocycles. The van der Waals surface area contributed by atoms with Crippen LogP contribution in [0.1, 0.15) is 45.6 Å². The molecule has 0 saturated heterocycles. The highest BCUT2D eigenvalue weighted by atomic mass is 16.2. The SMILES string of the molecule is CCCN(CCC)C(=O)C1=Cc2ccc(-c3ccc4c(=O)n(CC(=O)NCC)ncc4c3)cc2N=C(N)C1. The number of carbonyl (C=O) groups excluding carboxylic acids is 2. The summed E-state index contributed by atoms with van der Waals surface area (Å²) >= 11 is 0. The predicted octanol–water partition coefficient (Wildman–Crippen LogP) is 3.62. The zero-order chi connectivity index (χ0) is 27.2. The van der Waals surface area contributed by atoms with Crippen LogP contribution in [-0.4, -0.2) is 52.0 Å². The Morgan fingerprint density at radius 3 is 2.47 bits per heavy atom. The van der Waals surface area contributed by atoms with E-state index in [-0.39, 0.29) is 23.9 Å². The maximum absolute atomic E-state index is 13.2. The number of rotatable bonds is 9. The first kappa shape index (κ1) is 26.8. The van der Waals surface area contributed by atoms with Crippen molar-refractivity contribution in [1.82, 2.24) is 20.0 Å². The highest BCUT2D eigenvalue weighted by Crippen LogP contribution is 2.33. The highest BCUT2D eigenvalue weighted by Gasteiger charge is 2.21. The van der Waals surface area contributed by atoms with Crippen molar-refractivity contribution < 1.29 is 9.59 Å². The van der Waals surface area contributed by atoms with Crippen LogP contribution in [0.15, 0.2) is 58.0 Å². The average molecular weight is 515 g/mol. The van der Waals surface area contributed by atoms with E-state index in [0.717, 1.165) is 29.5 Å². The van der Waals surface area contributed by atoms with Gasteiger partial charge in [-0.15, -0.1) is 0 Å². The molecule has 2 heterocycles. The molecule has 9 nitrogen and oxygen atoms in total. The summed E-state index contributed by atoms with van der Waals surface area (Å²) in [5, 5.41) is 8.02. The summed E-state index contributed by atoms with van der Waals surface area (Å²) in [5.41, 5.74) is 9.87. The third-order valence-corrected chi connectivity index (χ3v) is 6.40. The van der Waals surface area contributed by atoms with E-state index in [0.29, 0.717) is 53.9 Å². The van der Waals surface area contributed by atoms with Gasteiger partial charge in [0.05, 0.1) is 17.3 Å². The molecular formula is C29H34N6O3. The van der Waals surface area contributed by atoms with Gasteiger partial charge in [0.2, 0.25) is 11.8 Å². The third-order valence-electron chi connectivity index (χ3n) is 6.40. The number of aliphatic imine (C=N–C) groups is 1. The molecule has 0 aliphatic carbocycles. The fourth-order valence-corrected chi connectivity index (χ4v) is 4.63. The second-order valence-electron chi connectivity index (χ2n) is 9.38. The number of amidine groups is 1. The lowest BCUT2D eigenvalue weighted by atomic mass is 9.99. The van der Waals surface area contributed by atoms with Crippen LogP contribution in [0, 0.1) is 0 Å². The number of nitrogens with zero attached hydrogens (tertiary/aromatic N) is 4. The second kappa shape index (κ2) is 11.9. The van der Waals surface area contributed by atoms with E-state index < -0.39 is 0 Å². The monoisotopic (exact) mass is 514 g/mol. The Morgan fingerprint density at radius 1 is 1.05 bits per heavy atom. The number of benzene rings is 2. The summed E-state index contributed by atoms with van der Waals surface area (Å²) in [5.74, 6) is 0.137. The van der Waals surface area contributed by atoms with Crippen LogP contribution in [0.25, 0.3) is 28.0 Å². The first-order valence-corrected chi connectivity index (χ1v) is 13.1. The minimum absolute atomic E-state index is 0.00337. The minimum Gasteiger partial charge on any atom is -0.387 e. The molecule has 1 aliphatic heterocycles. The molecule has 2 aromatic carbocycles. The number of likely N-dealkylation sites (N-methyl/N-ethyl adjacent to an activating group) is 1. The predicted molar refractivity (Wildman–Crippen MR) is 151 cm³/mol. The van der Waals surface area contributed by atoms with Crippen molar-refractivity contribution in [3.05, 3.63) is 64.1 Å². The van der Waals surface area contributed by atoms with Crippen LogP contribution in [0.3, 0.4) is 0 Å². The van der Waals surface area contributed by atoms with Gasteiger partial charge in [0, 0.05) is 42.6 Å². The number of nitrogens with one attached hydrogen (secondary N) is 1. The van der Waals surface area contributed by atoms with Gasteiger partial charge < -0.3 is 16.0 Å². The number of nitrogens with two attached hydrogens (primary N) is 1. The van der Waals surface area contributed by atoms with Crippen LogP contribution in [0.2, 0.25) is 0 Å². The quantitative estimate of drug-likeness (QED) is 0.452. The van der Waals surface area contributed by atoms with E-state index >= 15 is 0 Å². The van der Waals surface area contributed by atoms with E-state index in [9.17, 15) is 14.4 Å². The number of amides is 2. The topological polar surface area (TPSA) is 123 Å². The number of hydrogen-bond acceptors (Lipinski definition) is 6. The molecule has 1 aliphatic rings. The van der Waals surface area contributed by atoms with E-state index in [4.69, 9.17) is 5.73 Å². The Hall–Kier alpha value is -4.27. The number of hydrogen-bond donors (Lipinski definition) is 2. The van der Waals surface area contributed by atoms with Crippen molar-refractivity contribution in [2.45, 2.75) is 46.6 Å². The molecule has 0 bridgehead atoms. The van der Waals surface area contributed by atoms with Crippen molar-refractivity contribution in [1.29, 1.82) is 0 Å². The van der Waals surface area contributed by atoms with Gasteiger partial charge in [-0.3, -0.25) is 14.4 Å². The zero-order valence-electron chi connectivity index (χ0n) is 22.2. The van der Waals surface area contributed by atoms with Gasteiger partial charge in [-0.05, 0) is 55.2 Å². The van der Waals surface area contributed by atoms with Crippen LogP contribution < -0.4 is 16.6 Å². The molecular weight excluding hydrogens is 480 g/mol. The standard InChI is InChI=1S/C29H34N6O3/c1-4-11-34(12-5-2)28(37)22-14-21-8-7-20(15-25(21)33-26(30)16-22)19-9-10-24-23(13-19)17-32-35(29(24)38)18-27(36)31-6-3/h7-10,13-15,17H,4-6,11-12,16,18H2,1-3H3,(H2,30,33)(H,31,36). The van der Waals surface area contributed by atoms with Gasteiger partial charge in [0.1, 0.15) is 12.4 Å². The summed E-state index contributed by atoms with van der Waals surface area (Å²) in [6.45, 7) is 7.73. The van der Waals surface area contributed by atoms with E-state index in [1.54, 1.807) is 12.3 Å². The number of fused-ring (bicyclic) bond motifs is 2. The smallest absolute Gasteiger partial charge is 0.275 e. The lowest BCUT2D eigenvalue weighted by molar-refractivity contribution is -0.127. The Labute approximate surface area is 222 Å². The van der Waals surface area contributed by atoms with Crippen LogP contribution in [0.4, 0.5) is 5.69 Å². The third kappa shape index (κ3) is 5.82. The molecule has 1 aromatic heterocycles. The van der Waals surface area contributed by atoms with E-state index in [1.165, 1.54) is 4.68 Å². The Bertz CT molecular complexity index is 1480. The van der Waals surface area contributed by atoms with Gasteiger partial charge in [-0.1, -0.05) is 32.0 Å². The van der Waals surface area contributed by atoms with Gasteiger partial charge in [0.25, 0.3) is 5.56 Å². The molecule has 0 radical (unpaired) electrons. The van der Waals surface area contributed by atoms with Crippen molar-refractivity contribution in [3.63, 3.8) is 0 Å². The molecule has 198 valence electrons. The molecule has 4 rings (SSSR count). The summed E-state index contributed by atoms with van der Waals surface area (Å²) in [4.78, 5) is 44.5. The Kier molecular flexibility index (Phi) is 8.35. The molecule has 38 heavy (non-hydrogen) atoms. The van der Waals surface area contributed by atoms with Crippen molar-refractivity contribution in [3.8, 4) is 11.1 Å². The Morgan fingerprint density at radius 2 is 1.76 bits per heavy atom. The van der Waals surface area contributed by atoms with Gasteiger partial charge >= 0.3 is 0 Å². The van der Waals surface area contributed by atoms with Crippen molar-refractivity contribution in [2.75, 3.05) is 19.6 Å². The number of carbonyl (C=O) groups is 2. The second-order valence-corrected chi connectivity index (χ2v) is 9.38. The summed E-state index contributed by atoms with van der Waals surface area (Å²) < 4.78 is 1.17. The maximum atomic E-state index is 13.2. The average Bonchev–Trinajstić information content (AvgIpc) is 3.07. The largest absolute Gasteiger partial charge is 0.387 e. The minimum atomic E-state index is -0.317. The fourth-order valence-electron chi connectivity index (χ4n) is 4.63. The lowest BCUT2D eigenvalue weighted by Gasteiger charge is -2.22. The first-order valence-electron chi connectivity index (χ1n) is 13.1. The highest BCUT2D eigenvalue weighted by molar-refractivity contribution is 6.05. The van der Waals surface area contributed by atoms with E-state index in [2.05, 4.69) is 29.3 Å². The zero-order valence-corrected chi connectivity index (χ0v) is 22.2. The molecule has 0 atom stereocenters. The van der Waals surface area contributed by atoms with Gasteiger partial charge in [-0.2, -0.15) is 5.10 Å². The van der Waals surface area contributed by atoms with Gasteiger partial charge in [0.15, 0.2) is 0 Å². The summed E-state index contributed by atoms with van der Waals surface area (Å²) in [7, 11) is 0. The van der Waals surface area contributed by atoms with Gasteiger partial charge in [-0.25, -0.2) is 9.67 Å².